The summed E-state index contributed by atoms with van der Waals surface area (Å²) in [5.41, 5.74) is 9.30. The Balaban J connectivity index is 0.915. The van der Waals surface area contributed by atoms with Gasteiger partial charge in [-0.2, -0.15) is 0 Å². The van der Waals surface area contributed by atoms with Crippen molar-refractivity contribution in [3.63, 3.8) is 0 Å². The molecule has 15 rings (SSSR count). The maximum Gasteiger partial charge on any atom is 0.340 e. The molecule has 6 aliphatic carbocycles. The first kappa shape index (κ1) is 56.6. The third-order valence-corrected chi connectivity index (χ3v) is 21.9. The van der Waals surface area contributed by atoms with Crippen molar-refractivity contribution in [1.82, 2.24) is 0 Å². The van der Waals surface area contributed by atoms with Gasteiger partial charge < -0.3 is 38.7 Å². The average Bonchev–Trinajstić information content (AvgIpc) is 1.32. The van der Waals surface area contributed by atoms with Gasteiger partial charge in [-0.15, -0.1) is 0 Å². The molecule has 0 radical (unpaired) electrons. The van der Waals surface area contributed by atoms with Crippen molar-refractivity contribution in [3.05, 3.63) is 216 Å². The van der Waals surface area contributed by atoms with E-state index in [9.17, 15) is 20.1 Å². The molecule has 11 nitrogen and oxygen atoms in total. The summed E-state index contributed by atoms with van der Waals surface area (Å²) >= 11 is 0. The zero-order chi connectivity index (χ0) is 58.8. The van der Waals surface area contributed by atoms with Crippen LogP contribution in [0.4, 0.5) is 0 Å². The highest BCUT2D eigenvalue weighted by Gasteiger charge is 2.65. The molecule has 3 aliphatic heterocycles. The van der Waals surface area contributed by atoms with Crippen LogP contribution < -0.4 is 10.4 Å². The number of allylic oxidation sites excluding steroid dienone is 4. The number of hydrogen-bond donors (Lipinski definition) is 3. The predicted molar refractivity (Wildman–Crippen MR) is 331 cm³/mol. The van der Waals surface area contributed by atoms with Crippen molar-refractivity contribution in [3.8, 4) is 5.75 Å². The molecule has 6 aromatic rings. The molecular formula is C75H78O11. The number of carbonyl (C=O) groups excluding carboxylic acids is 2. The van der Waals surface area contributed by atoms with Crippen LogP contribution in [0.3, 0.4) is 0 Å². The fourth-order valence-electron chi connectivity index (χ4n) is 17.9. The molecule has 0 saturated heterocycles. The summed E-state index contributed by atoms with van der Waals surface area (Å²) in [6.45, 7) is 0.697. The van der Waals surface area contributed by atoms with Crippen LogP contribution in [0.25, 0.3) is 23.1 Å². The number of rotatable bonds is 9. The molecular weight excluding hydrogens is 1080 g/mol. The van der Waals surface area contributed by atoms with Crippen LogP contribution in [0.15, 0.2) is 154 Å². The Hall–Kier alpha value is -7.15. The Morgan fingerprint density at radius 3 is 2.43 bits per heavy atom. The van der Waals surface area contributed by atoms with E-state index in [0.29, 0.717) is 53.0 Å². The lowest BCUT2D eigenvalue weighted by Crippen LogP contribution is -2.62. The second kappa shape index (κ2) is 23.2. The monoisotopic (exact) mass is 1150 g/mol. The number of aliphatic hydroxyl groups is 3. The molecule has 4 heterocycles. The summed E-state index contributed by atoms with van der Waals surface area (Å²) in [4.78, 5) is 46.2. The lowest BCUT2D eigenvalue weighted by molar-refractivity contribution is -0.212. The normalized spacial score (nSPS) is 30.8. The molecule has 444 valence electrons. The fraction of sp³-hybridized carbons (Fsp3) is 0.427. The summed E-state index contributed by atoms with van der Waals surface area (Å²) in [6, 6.07) is 38.8. The molecule has 3 N–H and O–H groups in total. The van der Waals surface area contributed by atoms with E-state index in [-0.39, 0.29) is 103 Å². The first-order valence-corrected chi connectivity index (χ1v) is 31.7. The topological polar surface area (TPSA) is 162 Å². The minimum absolute atomic E-state index is 0.0104. The minimum atomic E-state index is -1.35. The van der Waals surface area contributed by atoms with E-state index >= 15 is 9.59 Å². The largest absolute Gasteiger partial charge is 0.482 e. The standard InChI is InChI=1S/C75H78O11/c1-44(41-77)55-28-21-45-19-22-47(23-20-45)56-29-26-50(49-13-9-15-54(38-49)74-34-8-7-14-53(74)27-24-48-12-4-6-18-63(48)74)37-52(56)39-66(79)83-70-68-65(32-31-60-62(42-78)67(73(81)84-69(60)68)51(33-36-76)43-82-2)86-75(71(70)85-72(55)80)35-10-17-59-58-30-25-46-11-3-5-16-57(46)61(58)40-64(59)75/h3-6,9,11-13,15-16,18-20,22-27,29-32,38,50-53,56,58-59,61,64,70-71,76-78H,7-8,10,14,17,21,28,33-37,39-43H2,1-2H3/b55-44-/t50-,51-,52+,53-,56+,58-,59+,61-,64-,70-,71+,74+,75+/m1/s1. The quantitative estimate of drug-likeness (QED) is 0.0547. The van der Waals surface area contributed by atoms with E-state index in [2.05, 4.69) is 134 Å². The Kier molecular flexibility index (Phi) is 15.3. The van der Waals surface area contributed by atoms with Crippen molar-refractivity contribution >= 4 is 35.1 Å². The number of esters is 2. The summed E-state index contributed by atoms with van der Waals surface area (Å²) in [5.74, 6) is -1.09. The molecule has 5 aromatic carbocycles. The van der Waals surface area contributed by atoms with Gasteiger partial charge in [-0.25, -0.2) is 9.59 Å². The summed E-state index contributed by atoms with van der Waals surface area (Å²) in [7, 11) is 1.52. The molecule has 3 saturated carbocycles. The molecule has 13 atom stereocenters. The van der Waals surface area contributed by atoms with E-state index in [1.807, 2.05) is 6.07 Å². The molecule has 1 spiro atoms. The van der Waals surface area contributed by atoms with Gasteiger partial charge in [-0.3, -0.25) is 4.79 Å². The van der Waals surface area contributed by atoms with E-state index < -0.39 is 47.9 Å². The molecule has 11 heteroatoms. The van der Waals surface area contributed by atoms with Crippen molar-refractivity contribution in [2.45, 2.75) is 144 Å². The smallest absolute Gasteiger partial charge is 0.340 e. The second-order valence-electron chi connectivity index (χ2n) is 26.1. The Bertz CT molecular complexity index is 3780. The SMILES string of the molecule is COC[C@@H](CCO)c1c(CO)c2ccc3c(c2oc1=O)[C@H]1OC(=O)C[C@@H]2C[C@H](c4cccc([C@]56CCCC[C@@H]5C=Cc5ccccc56)c4)C=C[C@H]2c2ccc(cc2)CC/C(=C(\C)CO)C(=O)O[C@@H]1[C@@]1(CCC[C@H]2[C@H]4C=Cc5ccccc5[C@H]4C[C@H]21)O3. The van der Waals surface area contributed by atoms with Crippen LogP contribution in [0.2, 0.25) is 0 Å². The first-order valence-electron chi connectivity index (χ1n) is 31.7. The third-order valence-electron chi connectivity index (χ3n) is 21.9. The molecule has 9 aliphatic rings. The molecule has 1 aromatic heterocycles. The second-order valence-corrected chi connectivity index (χ2v) is 26.1. The van der Waals surface area contributed by atoms with Crippen molar-refractivity contribution < 1.29 is 48.3 Å². The van der Waals surface area contributed by atoms with Crippen molar-refractivity contribution in [2.75, 3.05) is 26.9 Å². The van der Waals surface area contributed by atoms with Crippen LogP contribution in [0, 0.1) is 29.6 Å². The highest BCUT2D eigenvalue weighted by atomic mass is 16.6. The van der Waals surface area contributed by atoms with Crippen LogP contribution in [-0.4, -0.2) is 65.9 Å². The molecule has 0 amide bonds. The van der Waals surface area contributed by atoms with Gasteiger partial charge in [0.15, 0.2) is 17.8 Å². The zero-order valence-electron chi connectivity index (χ0n) is 49.3. The van der Waals surface area contributed by atoms with E-state index in [0.717, 1.165) is 49.7 Å². The maximum absolute atomic E-state index is 15.9. The van der Waals surface area contributed by atoms with Gasteiger partial charge in [0, 0.05) is 65.7 Å². The predicted octanol–water partition coefficient (Wildman–Crippen LogP) is 13.6. The zero-order valence-corrected chi connectivity index (χ0v) is 49.3. The number of fused-ring (bicyclic) bond motifs is 20. The Labute approximate surface area is 503 Å². The van der Waals surface area contributed by atoms with Crippen LogP contribution in [0.1, 0.15) is 175 Å². The van der Waals surface area contributed by atoms with E-state index in [4.69, 9.17) is 23.4 Å². The van der Waals surface area contributed by atoms with Crippen molar-refractivity contribution in [1.29, 1.82) is 0 Å². The van der Waals surface area contributed by atoms with Crippen molar-refractivity contribution in [2.24, 2.45) is 29.6 Å². The van der Waals surface area contributed by atoms with E-state index in [1.54, 1.807) is 13.0 Å². The maximum atomic E-state index is 15.9. The summed E-state index contributed by atoms with van der Waals surface area (Å²) < 4.78 is 34.1. The number of benzene rings is 5. The number of ether oxygens (including phenoxy) is 4. The van der Waals surface area contributed by atoms with Crippen LogP contribution in [-0.2, 0) is 42.2 Å². The summed E-state index contributed by atoms with van der Waals surface area (Å²) in [6.07, 6.45) is 20.5. The number of carbonyl (C=O) groups is 2. The van der Waals surface area contributed by atoms with Gasteiger partial charge in [-0.05, 0) is 168 Å². The van der Waals surface area contributed by atoms with Crippen LogP contribution in [0.5, 0.6) is 5.75 Å². The average molecular weight is 1160 g/mol. The number of aliphatic hydroxyl groups excluding tert-OH is 3. The fourth-order valence-corrected chi connectivity index (χ4v) is 17.9. The minimum Gasteiger partial charge on any atom is -0.482 e. The Morgan fingerprint density at radius 2 is 1.60 bits per heavy atom. The van der Waals surface area contributed by atoms with Gasteiger partial charge in [0.1, 0.15) is 11.3 Å². The lowest BCUT2D eigenvalue weighted by Gasteiger charge is -2.53. The molecule has 0 unspecified atom stereocenters. The Morgan fingerprint density at radius 1 is 0.779 bits per heavy atom. The van der Waals surface area contributed by atoms with Gasteiger partial charge in [-0.1, -0.05) is 146 Å². The molecule has 3 fully saturated rings. The number of hydrogen-bond acceptors (Lipinski definition) is 11. The third kappa shape index (κ3) is 9.49. The first-order chi connectivity index (χ1) is 42.0. The van der Waals surface area contributed by atoms with Gasteiger partial charge in [0.2, 0.25) is 0 Å². The van der Waals surface area contributed by atoms with Gasteiger partial charge in [0.25, 0.3) is 0 Å². The van der Waals surface area contributed by atoms with Gasteiger partial charge >= 0.3 is 17.6 Å². The molecule has 2 bridgehead atoms. The van der Waals surface area contributed by atoms with E-state index in [1.165, 1.54) is 46.9 Å². The summed E-state index contributed by atoms with van der Waals surface area (Å²) in [5, 5.41) is 32.7. The highest BCUT2D eigenvalue weighted by molar-refractivity contribution is 5.91. The van der Waals surface area contributed by atoms with Crippen LogP contribution >= 0.6 is 0 Å². The number of aryl methyl sites for hydroxylation is 1. The number of methoxy groups -OCH3 is 1. The lowest BCUT2D eigenvalue weighted by atomic mass is 9.56. The molecule has 86 heavy (non-hydrogen) atoms. The van der Waals surface area contributed by atoms with Gasteiger partial charge in [0.05, 0.1) is 25.4 Å². The highest BCUT2D eigenvalue weighted by Crippen LogP contribution is 2.64.